The van der Waals surface area contributed by atoms with Gasteiger partial charge in [0, 0.05) is 11.8 Å². The molecule has 2 aromatic heterocycles. The van der Waals surface area contributed by atoms with Crippen LogP contribution in [0.1, 0.15) is 43.1 Å². The van der Waals surface area contributed by atoms with Gasteiger partial charge in [0.05, 0.1) is 6.04 Å². The van der Waals surface area contributed by atoms with Crippen molar-refractivity contribution in [3.05, 3.63) is 53.5 Å². The molecule has 2 heterocycles. The molecule has 112 valence electrons. The van der Waals surface area contributed by atoms with Gasteiger partial charge in [-0.1, -0.05) is 38.1 Å². The molecule has 0 aliphatic heterocycles. The van der Waals surface area contributed by atoms with Gasteiger partial charge in [-0.3, -0.25) is 0 Å². The molecule has 1 unspecified atom stereocenters. The minimum absolute atomic E-state index is 0.178. The molecule has 4 rings (SSSR count). The second-order valence-corrected chi connectivity index (χ2v) is 6.63. The van der Waals surface area contributed by atoms with Crippen LogP contribution in [0, 0.1) is 6.92 Å². The summed E-state index contributed by atoms with van der Waals surface area (Å²) in [5.41, 5.74) is 3.91. The van der Waals surface area contributed by atoms with E-state index in [9.17, 15) is 0 Å². The first-order valence-electron chi connectivity index (χ1n) is 7.58. The average Bonchev–Trinajstić information content (AvgIpc) is 3.03. The standard InChI is InChI=1S/C17H19N5/c1-11-8-15(22-16(20-11)18-10-19-22)21-14-9-17(2,3)13-7-5-4-6-12(13)14/h4-8,10,14,21H,9H2,1-3H3. The molecule has 5 nitrogen and oxygen atoms in total. The molecule has 1 aromatic carbocycles. The van der Waals surface area contributed by atoms with Crippen LogP contribution in [0.2, 0.25) is 0 Å². The van der Waals surface area contributed by atoms with Crippen molar-refractivity contribution in [1.82, 2.24) is 19.6 Å². The molecule has 5 heteroatoms. The molecule has 0 saturated heterocycles. The number of nitrogens with zero attached hydrogens (tertiary/aromatic N) is 4. The van der Waals surface area contributed by atoms with Crippen molar-refractivity contribution in [1.29, 1.82) is 0 Å². The number of rotatable bonds is 2. The summed E-state index contributed by atoms with van der Waals surface area (Å²) in [5.74, 6) is 1.57. The van der Waals surface area contributed by atoms with E-state index in [1.54, 1.807) is 10.8 Å². The highest BCUT2D eigenvalue weighted by molar-refractivity contribution is 5.50. The van der Waals surface area contributed by atoms with Gasteiger partial charge in [-0.15, -0.1) is 0 Å². The first-order chi connectivity index (χ1) is 10.5. The van der Waals surface area contributed by atoms with Gasteiger partial charge in [0.2, 0.25) is 0 Å². The highest BCUT2D eigenvalue weighted by atomic mass is 15.4. The summed E-state index contributed by atoms with van der Waals surface area (Å²) in [6.07, 6.45) is 2.60. The average molecular weight is 293 g/mol. The topological polar surface area (TPSA) is 55.1 Å². The highest BCUT2D eigenvalue weighted by Gasteiger charge is 2.36. The fourth-order valence-corrected chi connectivity index (χ4v) is 3.49. The van der Waals surface area contributed by atoms with E-state index in [4.69, 9.17) is 0 Å². The largest absolute Gasteiger partial charge is 0.363 e. The number of aryl methyl sites for hydroxylation is 1. The van der Waals surface area contributed by atoms with E-state index in [0.717, 1.165) is 17.9 Å². The minimum atomic E-state index is 0.178. The number of hydrogen-bond acceptors (Lipinski definition) is 4. The fourth-order valence-electron chi connectivity index (χ4n) is 3.49. The van der Waals surface area contributed by atoms with Gasteiger partial charge >= 0.3 is 0 Å². The van der Waals surface area contributed by atoms with E-state index < -0.39 is 0 Å². The monoisotopic (exact) mass is 293 g/mol. The first kappa shape index (κ1) is 13.2. The Hall–Kier alpha value is -2.43. The van der Waals surface area contributed by atoms with E-state index >= 15 is 0 Å². The summed E-state index contributed by atoms with van der Waals surface area (Å²) in [6.45, 7) is 6.58. The Balaban J connectivity index is 1.77. The number of hydrogen-bond donors (Lipinski definition) is 1. The van der Waals surface area contributed by atoms with Crippen molar-refractivity contribution in [2.24, 2.45) is 0 Å². The lowest BCUT2D eigenvalue weighted by Crippen LogP contribution is -2.16. The number of anilines is 1. The lowest BCUT2D eigenvalue weighted by atomic mass is 9.86. The third kappa shape index (κ3) is 1.96. The van der Waals surface area contributed by atoms with E-state index in [-0.39, 0.29) is 11.5 Å². The third-order valence-electron chi connectivity index (χ3n) is 4.48. The molecular weight excluding hydrogens is 274 g/mol. The Labute approximate surface area is 129 Å². The Morgan fingerprint density at radius 2 is 2.09 bits per heavy atom. The maximum absolute atomic E-state index is 4.39. The van der Waals surface area contributed by atoms with Crippen LogP contribution < -0.4 is 5.32 Å². The lowest BCUT2D eigenvalue weighted by Gasteiger charge is -2.20. The molecule has 0 saturated carbocycles. The van der Waals surface area contributed by atoms with Gasteiger partial charge in [-0.2, -0.15) is 14.6 Å². The summed E-state index contributed by atoms with van der Waals surface area (Å²) in [5, 5.41) is 7.92. The fraction of sp³-hybridized carbons (Fsp3) is 0.353. The summed E-state index contributed by atoms with van der Waals surface area (Å²) >= 11 is 0. The molecule has 1 N–H and O–H groups in total. The predicted molar refractivity (Wildman–Crippen MR) is 86.0 cm³/mol. The van der Waals surface area contributed by atoms with Gasteiger partial charge < -0.3 is 5.32 Å². The normalized spacial score (nSPS) is 19.3. The maximum atomic E-state index is 4.39. The molecule has 3 aromatic rings. The summed E-state index contributed by atoms with van der Waals surface area (Å²) in [7, 11) is 0. The van der Waals surface area contributed by atoms with Crippen LogP contribution in [-0.2, 0) is 5.41 Å². The Morgan fingerprint density at radius 3 is 2.95 bits per heavy atom. The Bertz CT molecular complexity index is 849. The van der Waals surface area contributed by atoms with Gasteiger partial charge in [0.1, 0.15) is 12.1 Å². The SMILES string of the molecule is Cc1cc(NC2CC(C)(C)c3ccccc32)n2ncnc2n1. The first-order valence-corrected chi connectivity index (χ1v) is 7.58. The Kier molecular flexibility index (Phi) is 2.73. The molecule has 0 bridgehead atoms. The van der Waals surface area contributed by atoms with Crippen LogP contribution in [0.25, 0.3) is 5.78 Å². The molecule has 0 fully saturated rings. The van der Waals surface area contributed by atoms with E-state index in [2.05, 4.69) is 58.5 Å². The quantitative estimate of drug-likeness (QED) is 0.788. The van der Waals surface area contributed by atoms with E-state index in [1.807, 2.05) is 13.0 Å². The summed E-state index contributed by atoms with van der Waals surface area (Å²) < 4.78 is 1.76. The zero-order valence-corrected chi connectivity index (χ0v) is 13.0. The van der Waals surface area contributed by atoms with Crippen LogP contribution in [0.3, 0.4) is 0 Å². The zero-order valence-electron chi connectivity index (χ0n) is 13.0. The number of fused-ring (bicyclic) bond motifs is 2. The van der Waals surface area contributed by atoms with Crippen LogP contribution >= 0.6 is 0 Å². The lowest BCUT2D eigenvalue weighted by molar-refractivity contribution is 0.492. The number of nitrogens with one attached hydrogen (secondary N) is 1. The van der Waals surface area contributed by atoms with E-state index in [1.165, 1.54) is 11.1 Å². The number of aromatic nitrogens is 4. The molecule has 0 amide bonds. The minimum Gasteiger partial charge on any atom is -0.363 e. The van der Waals surface area contributed by atoms with Crippen LogP contribution in [-0.4, -0.2) is 19.6 Å². The van der Waals surface area contributed by atoms with E-state index in [0.29, 0.717) is 5.78 Å². The molecule has 1 atom stereocenters. The molecule has 1 aliphatic carbocycles. The second-order valence-electron chi connectivity index (χ2n) is 6.63. The van der Waals surface area contributed by atoms with Crippen LogP contribution in [0.5, 0.6) is 0 Å². The van der Waals surface area contributed by atoms with Gasteiger partial charge in [0.15, 0.2) is 0 Å². The van der Waals surface area contributed by atoms with Crippen molar-refractivity contribution < 1.29 is 0 Å². The molecule has 0 radical (unpaired) electrons. The number of benzene rings is 1. The van der Waals surface area contributed by atoms with Crippen molar-refractivity contribution in [2.75, 3.05) is 5.32 Å². The zero-order chi connectivity index (χ0) is 15.3. The van der Waals surface area contributed by atoms with Crippen molar-refractivity contribution in [3.8, 4) is 0 Å². The third-order valence-corrected chi connectivity index (χ3v) is 4.48. The van der Waals surface area contributed by atoms with Crippen LogP contribution in [0.4, 0.5) is 5.82 Å². The van der Waals surface area contributed by atoms with Crippen molar-refractivity contribution in [2.45, 2.75) is 38.6 Å². The highest BCUT2D eigenvalue weighted by Crippen LogP contribution is 2.45. The van der Waals surface area contributed by atoms with Gasteiger partial charge in [0.25, 0.3) is 5.78 Å². The Morgan fingerprint density at radius 1 is 1.27 bits per heavy atom. The van der Waals surface area contributed by atoms with Crippen molar-refractivity contribution in [3.63, 3.8) is 0 Å². The molecule has 0 spiro atoms. The second kappa shape index (κ2) is 4.53. The summed E-state index contributed by atoms with van der Waals surface area (Å²) in [6, 6.07) is 11.0. The molecular formula is C17H19N5. The van der Waals surface area contributed by atoms with Crippen LogP contribution in [0.15, 0.2) is 36.7 Å². The predicted octanol–water partition coefficient (Wildman–Crippen LogP) is 3.27. The van der Waals surface area contributed by atoms with Gasteiger partial charge in [-0.05, 0) is 29.9 Å². The maximum Gasteiger partial charge on any atom is 0.254 e. The van der Waals surface area contributed by atoms with Crippen molar-refractivity contribution >= 4 is 11.6 Å². The molecule has 1 aliphatic rings. The molecule has 22 heavy (non-hydrogen) atoms. The van der Waals surface area contributed by atoms with Gasteiger partial charge in [-0.25, -0.2) is 4.98 Å². The smallest absolute Gasteiger partial charge is 0.254 e. The summed E-state index contributed by atoms with van der Waals surface area (Å²) in [4.78, 5) is 8.58.